The van der Waals surface area contributed by atoms with Gasteiger partial charge in [0, 0.05) is 44.2 Å². The predicted molar refractivity (Wildman–Crippen MR) is 116 cm³/mol. The molecule has 30 heavy (non-hydrogen) atoms. The first-order chi connectivity index (χ1) is 14.6. The number of piperazine rings is 1. The number of fused-ring (bicyclic) bond motifs is 1. The van der Waals surface area contributed by atoms with E-state index < -0.39 is 0 Å². The van der Waals surface area contributed by atoms with Gasteiger partial charge in [0.2, 0.25) is 5.91 Å². The van der Waals surface area contributed by atoms with Crippen molar-refractivity contribution >= 4 is 16.9 Å². The highest BCUT2D eigenvalue weighted by molar-refractivity contribution is 5.82. The second-order valence-electron chi connectivity index (χ2n) is 7.50. The maximum absolute atomic E-state index is 12.6. The van der Waals surface area contributed by atoms with Crippen LogP contribution in [-0.2, 0) is 17.8 Å². The van der Waals surface area contributed by atoms with Gasteiger partial charge in [-0.05, 0) is 36.2 Å². The lowest BCUT2D eigenvalue weighted by atomic mass is 10.1. The topological polar surface area (TPSA) is 63.0 Å². The van der Waals surface area contributed by atoms with E-state index >= 15 is 0 Å². The number of hydrogen-bond acceptors (Lipinski definition) is 5. The summed E-state index contributed by atoms with van der Waals surface area (Å²) in [6, 6.07) is 16.9. The van der Waals surface area contributed by atoms with Crippen molar-refractivity contribution in [2.45, 2.75) is 19.9 Å². The number of carbonyl (C=O) groups is 1. The van der Waals surface area contributed by atoms with E-state index in [1.165, 1.54) is 0 Å². The van der Waals surface area contributed by atoms with E-state index in [0.717, 1.165) is 35.4 Å². The van der Waals surface area contributed by atoms with Crippen LogP contribution < -0.4 is 10.4 Å². The summed E-state index contributed by atoms with van der Waals surface area (Å²) < 4.78 is 10.9. The van der Waals surface area contributed by atoms with Crippen LogP contribution in [-0.4, -0.2) is 48.5 Å². The Kier molecular flexibility index (Phi) is 6.14. The smallest absolute Gasteiger partial charge is 0.336 e. The molecule has 0 aliphatic carbocycles. The third-order valence-corrected chi connectivity index (χ3v) is 5.43. The highest BCUT2D eigenvalue weighted by atomic mass is 16.5. The molecule has 1 fully saturated rings. The molecule has 156 valence electrons. The SMILES string of the molecule is CCOc1ccc2oc(=O)cc(CN3CCN(C(=O)Cc4ccccc4)CC3)c2c1. The number of hydrogen-bond donors (Lipinski definition) is 0. The fourth-order valence-electron chi connectivity index (χ4n) is 3.87. The lowest BCUT2D eigenvalue weighted by Gasteiger charge is -2.35. The summed E-state index contributed by atoms with van der Waals surface area (Å²) >= 11 is 0. The van der Waals surface area contributed by atoms with Gasteiger partial charge in [0.15, 0.2) is 0 Å². The van der Waals surface area contributed by atoms with Crippen LogP contribution in [0.2, 0.25) is 0 Å². The number of rotatable bonds is 6. The Morgan fingerprint density at radius 2 is 1.80 bits per heavy atom. The van der Waals surface area contributed by atoms with E-state index in [9.17, 15) is 9.59 Å². The summed E-state index contributed by atoms with van der Waals surface area (Å²) in [7, 11) is 0. The van der Waals surface area contributed by atoms with Gasteiger partial charge in [0.25, 0.3) is 0 Å². The minimum Gasteiger partial charge on any atom is -0.494 e. The Labute approximate surface area is 175 Å². The van der Waals surface area contributed by atoms with E-state index in [1.54, 1.807) is 12.1 Å². The van der Waals surface area contributed by atoms with Gasteiger partial charge in [0.1, 0.15) is 11.3 Å². The molecule has 6 heteroatoms. The van der Waals surface area contributed by atoms with Crippen LogP contribution in [0.3, 0.4) is 0 Å². The molecule has 0 radical (unpaired) electrons. The van der Waals surface area contributed by atoms with Crippen LogP contribution in [0, 0.1) is 0 Å². The molecule has 0 atom stereocenters. The average Bonchev–Trinajstić information content (AvgIpc) is 2.75. The summed E-state index contributed by atoms with van der Waals surface area (Å²) in [4.78, 5) is 28.8. The van der Waals surface area contributed by atoms with Gasteiger partial charge in [-0.2, -0.15) is 0 Å². The van der Waals surface area contributed by atoms with Crippen molar-refractivity contribution in [3.63, 3.8) is 0 Å². The zero-order valence-electron chi connectivity index (χ0n) is 17.2. The molecular formula is C24H26N2O4. The van der Waals surface area contributed by atoms with Crippen LogP contribution >= 0.6 is 0 Å². The largest absolute Gasteiger partial charge is 0.494 e. The Hall–Kier alpha value is -3.12. The highest BCUT2D eigenvalue weighted by Crippen LogP contribution is 2.24. The summed E-state index contributed by atoms with van der Waals surface area (Å²) in [5.74, 6) is 0.921. The molecule has 1 amide bonds. The Morgan fingerprint density at radius 1 is 1.03 bits per heavy atom. The van der Waals surface area contributed by atoms with E-state index in [-0.39, 0.29) is 11.5 Å². The number of benzene rings is 2. The number of nitrogens with zero attached hydrogens (tertiary/aromatic N) is 2. The highest BCUT2D eigenvalue weighted by Gasteiger charge is 2.22. The minimum atomic E-state index is -0.349. The van der Waals surface area contributed by atoms with Crippen molar-refractivity contribution in [3.05, 3.63) is 76.1 Å². The fourth-order valence-corrected chi connectivity index (χ4v) is 3.87. The third-order valence-electron chi connectivity index (χ3n) is 5.43. The minimum absolute atomic E-state index is 0.160. The molecule has 1 aromatic heterocycles. The Morgan fingerprint density at radius 3 is 2.53 bits per heavy atom. The van der Waals surface area contributed by atoms with E-state index in [1.807, 2.05) is 54.3 Å². The van der Waals surface area contributed by atoms with Crippen molar-refractivity contribution in [3.8, 4) is 5.75 Å². The molecule has 1 aliphatic rings. The van der Waals surface area contributed by atoms with Crippen molar-refractivity contribution in [1.29, 1.82) is 0 Å². The summed E-state index contributed by atoms with van der Waals surface area (Å²) in [5.41, 5.74) is 2.18. The van der Waals surface area contributed by atoms with Gasteiger partial charge in [-0.15, -0.1) is 0 Å². The van der Waals surface area contributed by atoms with Crippen LogP contribution in [0.4, 0.5) is 0 Å². The molecule has 0 N–H and O–H groups in total. The summed E-state index contributed by atoms with van der Waals surface area (Å²) in [6.45, 7) is 6.08. The number of ether oxygens (including phenoxy) is 1. The predicted octanol–water partition coefficient (Wildman–Crippen LogP) is 3.08. The van der Waals surface area contributed by atoms with Crippen molar-refractivity contribution in [2.24, 2.45) is 0 Å². The molecule has 6 nitrogen and oxygen atoms in total. The molecule has 2 heterocycles. The van der Waals surface area contributed by atoms with E-state index in [4.69, 9.17) is 9.15 Å². The molecule has 0 unspecified atom stereocenters. The fraction of sp³-hybridized carbons (Fsp3) is 0.333. The average molecular weight is 406 g/mol. The first-order valence-corrected chi connectivity index (χ1v) is 10.4. The maximum Gasteiger partial charge on any atom is 0.336 e. The molecule has 0 saturated carbocycles. The number of amides is 1. The summed E-state index contributed by atoms with van der Waals surface area (Å²) in [5, 5.41) is 0.892. The Balaban J connectivity index is 1.42. The van der Waals surface area contributed by atoms with Gasteiger partial charge in [-0.3, -0.25) is 9.69 Å². The number of carbonyl (C=O) groups excluding carboxylic acids is 1. The van der Waals surface area contributed by atoms with Crippen LogP contribution in [0.25, 0.3) is 11.0 Å². The van der Waals surface area contributed by atoms with Crippen LogP contribution in [0.1, 0.15) is 18.1 Å². The first kappa shape index (κ1) is 20.2. The van der Waals surface area contributed by atoms with Gasteiger partial charge >= 0.3 is 5.63 Å². The van der Waals surface area contributed by atoms with Crippen LogP contribution in [0.5, 0.6) is 5.75 Å². The normalized spacial score (nSPS) is 14.8. The molecule has 1 aliphatic heterocycles. The van der Waals surface area contributed by atoms with Gasteiger partial charge in [-0.25, -0.2) is 4.79 Å². The molecule has 0 spiro atoms. The quantitative estimate of drug-likeness (QED) is 0.589. The molecule has 0 bridgehead atoms. The molecule has 4 rings (SSSR count). The standard InChI is InChI=1S/C24H26N2O4/c1-2-29-20-8-9-22-21(16-20)19(15-24(28)30-22)17-25-10-12-26(13-11-25)23(27)14-18-6-4-3-5-7-18/h3-9,15-16H,2,10-14,17H2,1H3. The zero-order valence-corrected chi connectivity index (χ0v) is 17.2. The lowest BCUT2D eigenvalue weighted by Crippen LogP contribution is -2.48. The first-order valence-electron chi connectivity index (χ1n) is 10.4. The molecule has 2 aromatic carbocycles. The van der Waals surface area contributed by atoms with Gasteiger partial charge in [0.05, 0.1) is 13.0 Å². The van der Waals surface area contributed by atoms with Crippen molar-refractivity contribution in [2.75, 3.05) is 32.8 Å². The maximum atomic E-state index is 12.6. The molecule has 1 saturated heterocycles. The Bertz CT molecular complexity index is 1070. The van der Waals surface area contributed by atoms with Crippen molar-refractivity contribution in [1.82, 2.24) is 9.80 Å². The second kappa shape index (κ2) is 9.13. The zero-order chi connectivity index (χ0) is 20.9. The lowest BCUT2D eigenvalue weighted by molar-refractivity contribution is -0.132. The third kappa shape index (κ3) is 4.71. The summed E-state index contributed by atoms with van der Waals surface area (Å²) in [6.07, 6.45) is 0.436. The van der Waals surface area contributed by atoms with Gasteiger partial charge in [-0.1, -0.05) is 30.3 Å². The second-order valence-corrected chi connectivity index (χ2v) is 7.50. The molecular weight excluding hydrogens is 380 g/mol. The van der Waals surface area contributed by atoms with Crippen LogP contribution in [0.15, 0.2) is 63.8 Å². The van der Waals surface area contributed by atoms with E-state index in [2.05, 4.69) is 4.90 Å². The van der Waals surface area contributed by atoms with Crippen molar-refractivity contribution < 1.29 is 13.9 Å². The van der Waals surface area contributed by atoms with Gasteiger partial charge < -0.3 is 14.1 Å². The monoisotopic (exact) mass is 406 g/mol. The molecule has 3 aromatic rings. The van der Waals surface area contributed by atoms with E-state index in [0.29, 0.717) is 38.2 Å².